The minimum absolute atomic E-state index is 0.0412. The zero-order valence-corrected chi connectivity index (χ0v) is 18.4. The highest BCUT2D eigenvalue weighted by Crippen LogP contribution is 2.39. The van der Waals surface area contributed by atoms with Crippen LogP contribution in [0.1, 0.15) is 58.1 Å². The van der Waals surface area contributed by atoms with Gasteiger partial charge in [0.15, 0.2) is 11.6 Å². The Morgan fingerprint density at radius 1 is 1.29 bits per heavy atom. The normalized spacial score (nSPS) is 19.2. The van der Waals surface area contributed by atoms with Crippen molar-refractivity contribution in [3.63, 3.8) is 0 Å². The van der Waals surface area contributed by atoms with Gasteiger partial charge in [-0.05, 0) is 43.2 Å². The van der Waals surface area contributed by atoms with Gasteiger partial charge in [-0.25, -0.2) is 4.52 Å². The fourth-order valence-electron chi connectivity index (χ4n) is 4.01. The zero-order valence-electron chi connectivity index (χ0n) is 18.4. The van der Waals surface area contributed by atoms with Gasteiger partial charge in [0.1, 0.15) is 11.6 Å². The van der Waals surface area contributed by atoms with Crippen molar-refractivity contribution in [3.05, 3.63) is 30.1 Å². The van der Waals surface area contributed by atoms with E-state index < -0.39 is 0 Å². The molecule has 5 rings (SSSR count). The highest BCUT2D eigenvalue weighted by atomic mass is 16.2. The number of aromatic nitrogens is 5. The van der Waals surface area contributed by atoms with Crippen LogP contribution in [0.3, 0.4) is 0 Å². The molecule has 3 aromatic heterocycles. The first kappa shape index (κ1) is 19.8. The Hall–Kier alpha value is -3.10. The van der Waals surface area contributed by atoms with Gasteiger partial charge >= 0.3 is 0 Å². The molecule has 1 saturated carbocycles. The van der Waals surface area contributed by atoms with Crippen LogP contribution in [0.15, 0.2) is 24.4 Å². The van der Waals surface area contributed by atoms with Crippen LogP contribution in [0, 0.1) is 5.41 Å². The van der Waals surface area contributed by atoms with Gasteiger partial charge in [-0.3, -0.25) is 9.89 Å². The molecule has 9 heteroatoms. The van der Waals surface area contributed by atoms with Crippen LogP contribution in [0.25, 0.3) is 5.52 Å². The minimum Gasteiger partial charge on any atom is -0.354 e. The van der Waals surface area contributed by atoms with Crippen LogP contribution in [0.4, 0.5) is 17.6 Å². The predicted octanol–water partition coefficient (Wildman–Crippen LogP) is 3.20. The quantitative estimate of drug-likeness (QED) is 0.564. The third kappa shape index (κ3) is 4.22. The number of carbonyl (C=O) groups excluding carboxylic acids is 1. The average molecular weight is 423 g/mol. The first-order valence-corrected chi connectivity index (χ1v) is 11.1. The number of rotatable bonds is 6. The summed E-state index contributed by atoms with van der Waals surface area (Å²) in [4.78, 5) is 19.7. The van der Waals surface area contributed by atoms with E-state index in [-0.39, 0.29) is 17.4 Å². The van der Waals surface area contributed by atoms with Crippen molar-refractivity contribution < 1.29 is 4.79 Å². The van der Waals surface area contributed by atoms with Crippen molar-refractivity contribution >= 4 is 29.0 Å². The molecule has 164 valence electrons. The maximum Gasteiger partial charge on any atom is 0.246 e. The number of aromatic amines is 1. The smallest absolute Gasteiger partial charge is 0.246 e. The van der Waals surface area contributed by atoms with E-state index in [0.29, 0.717) is 24.2 Å². The molecule has 2 fully saturated rings. The molecule has 1 aliphatic carbocycles. The molecule has 4 heterocycles. The summed E-state index contributed by atoms with van der Waals surface area (Å²) in [5, 5.41) is 18.7. The van der Waals surface area contributed by atoms with Crippen LogP contribution < -0.4 is 15.5 Å². The Kier molecular flexibility index (Phi) is 4.83. The standard InChI is InChI=1S/C22H30N8O/c1-22(2,3)13-23-20(31)17-7-4-10-29(17)21-25-19(16-6-5-11-30(16)28-21)24-18-12-15(26-27-18)14-8-9-14/h5-6,11-12,14,17H,4,7-10,13H2,1-3H3,(H,23,31)(H2,24,25,26,27,28). The number of hydrogen-bond donors (Lipinski definition) is 3. The molecule has 1 aliphatic heterocycles. The Balaban J connectivity index is 1.40. The Morgan fingerprint density at radius 3 is 2.90 bits per heavy atom. The molecule has 2 aliphatic rings. The van der Waals surface area contributed by atoms with E-state index in [9.17, 15) is 4.79 Å². The van der Waals surface area contributed by atoms with E-state index in [2.05, 4.69) is 52.8 Å². The van der Waals surface area contributed by atoms with Crippen molar-refractivity contribution in [3.8, 4) is 0 Å². The molecule has 1 saturated heterocycles. The summed E-state index contributed by atoms with van der Waals surface area (Å²) in [6.45, 7) is 7.75. The van der Waals surface area contributed by atoms with E-state index in [1.807, 2.05) is 27.7 Å². The summed E-state index contributed by atoms with van der Waals surface area (Å²) >= 11 is 0. The topological polar surface area (TPSA) is 103 Å². The molecule has 1 amide bonds. The molecular formula is C22H30N8O. The van der Waals surface area contributed by atoms with Gasteiger partial charge < -0.3 is 15.5 Å². The van der Waals surface area contributed by atoms with Gasteiger partial charge in [0.05, 0.1) is 0 Å². The van der Waals surface area contributed by atoms with Crippen molar-refractivity contribution in [2.75, 3.05) is 23.3 Å². The molecule has 3 N–H and O–H groups in total. The lowest BCUT2D eigenvalue weighted by atomic mass is 9.97. The van der Waals surface area contributed by atoms with Gasteiger partial charge in [-0.1, -0.05) is 20.8 Å². The maximum absolute atomic E-state index is 12.9. The third-order valence-electron chi connectivity index (χ3n) is 5.85. The first-order valence-electron chi connectivity index (χ1n) is 11.1. The van der Waals surface area contributed by atoms with Gasteiger partial charge in [-0.15, -0.1) is 5.10 Å². The molecular weight excluding hydrogens is 392 g/mol. The summed E-state index contributed by atoms with van der Waals surface area (Å²) in [5.74, 6) is 2.63. The van der Waals surface area contributed by atoms with Crippen molar-refractivity contribution in [2.24, 2.45) is 5.41 Å². The monoisotopic (exact) mass is 422 g/mol. The van der Waals surface area contributed by atoms with E-state index in [0.717, 1.165) is 30.7 Å². The Labute approximate surface area is 181 Å². The average Bonchev–Trinajstić information content (AvgIpc) is 3.12. The van der Waals surface area contributed by atoms with Crippen molar-refractivity contribution in [1.29, 1.82) is 0 Å². The second-order valence-electron chi connectivity index (χ2n) is 9.84. The summed E-state index contributed by atoms with van der Waals surface area (Å²) in [5.41, 5.74) is 2.07. The van der Waals surface area contributed by atoms with Gasteiger partial charge in [0.25, 0.3) is 0 Å². The summed E-state index contributed by atoms with van der Waals surface area (Å²) in [6.07, 6.45) is 6.08. The Morgan fingerprint density at radius 2 is 2.13 bits per heavy atom. The lowest BCUT2D eigenvalue weighted by Gasteiger charge is -2.26. The summed E-state index contributed by atoms with van der Waals surface area (Å²) in [7, 11) is 0. The molecule has 3 aromatic rings. The molecule has 0 radical (unpaired) electrons. The zero-order chi connectivity index (χ0) is 21.6. The van der Waals surface area contributed by atoms with E-state index in [4.69, 9.17) is 4.98 Å². The first-order chi connectivity index (χ1) is 14.9. The minimum atomic E-state index is -0.255. The highest BCUT2D eigenvalue weighted by Gasteiger charge is 2.33. The van der Waals surface area contributed by atoms with Gasteiger partial charge in [0.2, 0.25) is 11.9 Å². The van der Waals surface area contributed by atoms with Crippen LogP contribution in [0.5, 0.6) is 0 Å². The second kappa shape index (κ2) is 7.55. The molecule has 0 bridgehead atoms. The fraction of sp³-hybridized carbons (Fsp3) is 0.545. The van der Waals surface area contributed by atoms with E-state index >= 15 is 0 Å². The van der Waals surface area contributed by atoms with Gasteiger partial charge in [0, 0.05) is 37.0 Å². The number of nitrogens with one attached hydrogen (secondary N) is 3. The highest BCUT2D eigenvalue weighted by molar-refractivity contribution is 5.85. The summed E-state index contributed by atoms with van der Waals surface area (Å²) in [6, 6.07) is 5.71. The number of amides is 1. The number of H-pyrrole nitrogens is 1. The predicted molar refractivity (Wildman–Crippen MR) is 120 cm³/mol. The van der Waals surface area contributed by atoms with E-state index in [1.165, 1.54) is 18.5 Å². The van der Waals surface area contributed by atoms with Crippen LogP contribution in [-0.4, -0.2) is 49.8 Å². The SMILES string of the molecule is CC(C)(C)CNC(=O)C1CCCN1c1nc(Nc2cc(C3CC3)[nH]n2)c2cccn2n1. The van der Waals surface area contributed by atoms with Crippen molar-refractivity contribution in [1.82, 2.24) is 30.1 Å². The molecule has 31 heavy (non-hydrogen) atoms. The number of nitrogens with zero attached hydrogens (tertiary/aromatic N) is 5. The number of anilines is 3. The number of carbonyl (C=O) groups is 1. The number of fused-ring (bicyclic) bond motifs is 1. The largest absolute Gasteiger partial charge is 0.354 e. The third-order valence-corrected chi connectivity index (χ3v) is 5.85. The molecule has 1 unspecified atom stereocenters. The maximum atomic E-state index is 12.9. The van der Waals surface area contributed by atoms with Gasteiger partial charge in [-0.2, -0.15) is 10.1 Å². The lowest BCUT2D eigenvalue weighted by Crippen LogP contribution is -2.46. The van der Waals surface area contributed by atoms with Crippen LogP contribution in [-0.2, 0) is 4.79 Å². The Bertz CT molecular complexity index is 1090. The lowest BCUT2D eigenvalue weighted by molar-refractivity contribution is -0.122. The van der Waals surface area contributed by atoms with Crippen molar-refractivity contribution in [2.45, 2.75) is 58.4 Å². The molecule has 9 nitrogen and oxygen atoms in total. The molecule has 0 aromatic carbocycles. The second-order valence-corrected chi connectivity index (χ2v) is 9.84. The fourth-order valence-corrected chi connectivity index (χ4v) is 4.01. The number of hydrogen-bond acceptors (Lipinski definition) is 6. The summed E-state index contributed by atoms with van der Waals surface area (Å²) < 4.78 is 1.81. The molecule has 1 atom stereocenters. The molecule has 0 spiro atoms. The van der Waals surface area contributed by atoms with Crippen LogP contribution >= 0.6 is 0 Å². The van der Waals surface area contributed by atoms with E-state index in [1.54, 1.807) is 0 Å². The van der Waals surface area contributed by atoms with Crippen LogP contribution in [0.2, 0.25) is 0 Å².